The van der Waals surface area contributed by atoms with Crippen LogP contribution in [0, 0.1) is 5.82 Å². The van der Waals surface area contributed by atoms with Gasteiger partial charge in [-0.15, -0.1) is 0 Å². The number of aromatic nitrogens is 1. The molecule has 0 radical (unpaired) electrons. The average Bonchev–Trinajstić information content (AvgIpc) is 2.62. The number of pyridine rings is 1. The van der Waals surface area contributed by atoms with Crippen LogP contribution in [0.4, 0.5) is 4.39 Å². The topological polar surface area (TPSA) is 62.2 Å². The van der Waals surface area contributed by atoms with Gasteiger partial charge in [-0.05, 0) is 55.9 Å². The largest absolute Gasteiger partial charge is 0.506 e. The van der Waals surface area contributed by atoms with Gasteiger partial charge in [0.25, 0.3) is 0 Å². The Hall–Kier alpha value is -2.43. The summed E-state index contributed by atoms with van der Waals surface area (Å²) in [6, 6.07) is 10.3. The molecule has 1 saturated carbocycles. The Morgan fingerprint density at radius 1 is 1.16 bits per heavy atom. The lowest BCUT2D eigenvalue weighted by Gasteiger charge is -2.28. The monoisotopic (exact) mass is 342 g/mol. The molecule has 5 heteroatoms. The van der Waals surface area contributed by atoms with Gasteiger partial charge in [0.05, 0.1) is 6.20 Å². The lowest BCUT2D eigenvalue weighted by atomic mass is 9.84. The van der Waals surface area contributed by atoms with E-state index < -0.39 is 0 Å². The minimum atomic E-state index is -0.253. The molecule has 1 amide bonds. The number of hydrogen-bond acceptors (Lipinski definition) is 3. The Bertz CT molecular complexity index is 710. The van der Waals surface area contributed by atoms with E-state index in [1.165, 1.54) is 12.3 Å². The van der Waals surface area contributed by atoms with E-state index in [4.69, 9.17) is 0 Å². The quantitative estimate of drug-likeness (QED) is 0.871. The summed E-state index contributed by atoms with van der Waals surface area (Å²) in [6.07, 6.45) is 5.97. The van der Waals surface area contributed by atoms with Gasteiger partial charge in [-0.25, -0.2) is 4.39 Å². The van der Waals surface area contributed by atoms with Crippen LogP contribution >= 0.6 is 0 Å². The maximum absolute atomic E-state index is 13.6. The van der Waals surface area contributed by atoms with Crippen LogP contribution < -0.4 is 5.32 Å². The summed E-state index contributed by atoms with van der Waals surface area (Å²) in [6.45, 7) is 0. The lowest BCUT2D eigenvalue weighted by Crippen LogP contribution is -2.37. The number of carbonyl (C=O) groups excluding carboxylic acids is 1. The number of halogens is 1. The summed E-state index contributed by atoms with van der Waals surface area (Å²) in [5.74, 6) is 0.290. The molecule has 2 aromatic rings. The van der Waals surface area contributed by atoms with E-state index in [1.54, 1.807) is 24.3 Å². The molecule has 0 bridgehead atoms. The van der Waals surface area contributed by atoms with Crippen molar-refractivity contribution in [3.05, 3.63) is 59.7 Å². The van der Waals surface area contributed by atoms with E-state index in [0.29, 0.717) is 24.3 Å². The Morgan fingerprint density at radius 3 is 2.60 bits per heavy atom. The van der Waals surface area contributed by atoms with E-state index in [0.717, 1.165) is 31.4 Å². The Balaban J connectivity index is 1.43. The first-order valence-corrected chi connectivity index (χ1v) is 8.79. The minimum absolute atomic E-state index is 0.0190. The highest BCUT2D eigenvalue weighted by molar-refractivity contribution is 5.76. The molecule has 0 atom stereocenters. The van der Waals surface area contributed by atoms with Crippen LogP contribution in [-0.2, 0) is 11.2 Å². The fraction of sp³-hybridized carbons (Fsp3) is 0.400. The van der Waals surface area contributed by atoms with E-state index in [1.807, 2.05) is 6.07 Å². The smallest absolute Gasteiger partial charge is 0.220 e. The number of aromatic hydroxyl groups is 1. The fourth-order valence-corrected chi connectivity index (χ4v) is 3.42. The highest BCUT2D eigenvalue weighted by atomic mass is 19.1. The van der Waals surface area contributed by atoms with Gasteiger partial charge in [-0.1, -0.05) is 18.2 Å². The normalized spacial score (nSPS) is 20.2. The maximum atomic E-state index is 13.6. The molecule has 25 heavy (non-hydrogen) atoms. The molecule has 2 N–H and O–H groups in total. The highest BCUT2D eigenvalue weighted by Gasteiger charge is 2.24. The van der Waals surface area contributed by atoms with Crippen molar-refractivity contribution < 1.29 is 14.3 Å². The fourth-order valence-electron chi connectivity index (χ4n) is 3.42. The van der Waals surface area contributed by atoms with Crippen molar-refractivity contribution >= 4 is 5.91 Å². The zero-order valence-electron chi connectivity index (χ0n) is 14.1. The molecule has 0 spiro atoms. The number of benzene rings is 1. The molecular formula is C20H23FN2O2. The zero-order chi connectivity index (χ0) is 17.6. The van der Waals surface area contributed by atoms with Crippen molar-refractivity contribution in [1.29, 1.82) is 0 Å². The SMILES string of the molecule is O=C(CCc1ccccc1F)NC1CCC(c2ccc(O)cn2)CC1. The summed E-state index contributed by atoms with van der Waals surface area (Å²) in [7, 11) is 0. The van der Waals surface area contributed by atoms with E-state index in [2.05, 4.69) is 10.3 Å². The summed E-state index contributed by atoms with van der Waals surface area (Å²) < 4.78 is 13.6. The molecule has 1 aliphatic rings. The zero-order valence-corrected chi connectivity index (χ0v) is 14.1. The molecule has 1 aromatic carbocycles. The predicted octanol–water partition coefficient (Wildman–Crippen LogP) is 3.70. The summed E-state index contributed by atoms with van der Waals surface area (Å²) in [4.78, 5) is 16.4. The third-order valence-corrected chi connectivity index (χ3v) is 4.86. The van der Waals surface area contributed by atoms with Gasteiger partial charge in [0.2, 0.25) is 5.91 Å². The number of carbonyl (C=O) groups is 1. The van der Waals surface area contributed by atoms with Crippen molar-refractivity contribution in [2.45, 2.75) is 50.5 Å². The number of amides is 1. The van der Waals surface area contributed by atoms with E-state index in [9.17, 15) is 14.3 Å². The number of nitrogens with one attached hydrogen (secondary N) is 1. The third-order valence-electron chi connectivity index (χ3n) is 4.86. The van der Waals surface area contributed by atoms with Crippen LogP contribution in [0.2, 0.25) is 0 Å². The number of hydrogen-bond donors (Lipinski definition) is 2. The van der Waals surface area contributed by atoms with Crippen molar-refractivity contribution in [3.8, 4) is 5.75 Å². The molecule has 132 valence electrons. The first kappa shape index (κ1) is 17.4. The van der Waals surface area contributed by atoms with Gasteiger partial charge in [0.15, 0.2) is 0 Å². The molecule has 3 rings (SSSR count). The van der Waals surface area contributed by atoms with Crippen molar-refractivity contribution in [2.75, 3.05) is 0 Å². The Kier molecular flexibility index (Phi) is 5.64. The van der Waals surface area contributed by atoms with Crippen molar-refractivity contribution in [1.82, 2.24) is 10.3 Å². The van der Waals surface area contributed by atoms with Crippen LogP contribution in [0.1, 0.15) is 49.3 Å². The third kappa shape index (κ3) is 4.78. The molecule has 1 heterocycles. The van der Waals surface area contributed by atoms with Crippen LogP contribution in [0.5, 0.6) is 5.75 Å². The minimum Gasteiger partial charge on any atom is -0.506 e. The first-order chi connectivity index (χ1) is 12.1. The highest BCUT2D eigenvalue weighted by Crippen LogP contribution is 2.32. The summed E-state index contributed by atoms with van der Waals surface area (Å²) in [5.41, 5.74) is 1.59. The molecule has 1 aliphatic carbocycles. The maximum Gasteiger partial charge on any atom is 0.220 e. The van der Waals surface area contributed by atoms with Crippen LogP contribution in [0.25, 0.3) is 0 Å². The first-order valence-electron chi connectivity index (χ1n) is 8.79. The molecule has 0 unspecified atom stereocenters. The van der Waals surface area contributed by atoms with E-state index >= 15 is 0 Å². The lowest BCUT2D eigenvalue weighted by molar-refractivity contribution is -0.122. The second kappa shape index (κ2) is 8.10. The van der Waals surface area contributed by atoms with Gasteiger partial charge in [-0.3, -0.25) is 9.78 Å². The second-order valence-electron chi connectivity index (χ2n) is 6.65. The van der Waals surface area contributed by atoms with Gasteiger partial charge >= 0.3 is 0 Å². The molecule has 0 aliphatic heterocycles. The standard InChI is InChI=1S/C20H23FN2O2/c21-18-4-2-1-3-14(18)7-12-20(25)23-16-8-5-15(6-9-16)19-11-10-17(24)13-22-19/h1-4,10-11,13,15-16,24H,5-9,12H2,(H,23,25). The average molecular weight is 342 g/mol. The summed E-state index contributed by atoms with van der Waals surface area (Å²) in [5, 5.41) is 12.4. The van der Waals surface area contributed by atoms with Crippen LogP contribution in [-0.4, -0.2) is 22.0 Å². The predicted molar refractivity (Wildman–Crippen MR) is 93.8 cm³/mol. The molecular weight excluding hydrogens is 319 g/mol. The second-order valence-corrected chi connectivity index (χ2v) is 6.65. The van der Waals surface area contributed by atoms with E-state index in [-0.39, 0.29) is 23.5 Å². The molecule has 0 saturated heterocycles. The van der Waals surface area contributed by atoms with Crippen molar-refractivity contribution in [3.63, 3.8) is 0 Å². The number of aryl methyl sites for hydroxylation is 1. The number of nitrogens with zero attached hydrogens (tertiary/aromatic N) is 1. The van der Waals surface area contributed by atoms with Crippen LogP contribution in [0.15, 0.2) is 42.6 Å². The van der Waals surface area contributed by atoms with Gasteiger partial charge < -0.3 is 10.4 Å². The Morgan fingerprint density at radius 2 is 1.92 bits per heavy atom. The van der Waals surface area contributed by atoms with Gasteiger partial charge in [0, 0.05) is 24.1 Å². The molecule has 1 fully saturated rings. The Labute approximate surface area is 147 Å². The van der Waals surface area contributed by atoms with Crippen molar-refractivity contribution in [2.24, 2.45) is 0 Å². The number of rotatable bonds is 5. The van der Waals surface area contributed by atoms with Gasteiger partial charge in [-0.2, -0.15) is 0 Å². The summed E-state index contributed by atoms with van der Waals surface area (Å²) >= 11 is 0. The van der Waals surface area contributed by atoms with Crippen LogP contribution in [0.3, 0.4) is 0 Å². The molecule has 1 aromatic heterocycles. The molecule has 4 nitrogen and oxygen atoms in total. The van der Waals surface area contributed by atoms with Gasteiger partial charge in [0.1, 0.15) is 11.6 Å².